The summed E-state index contributed by atoms with van der Waals surface area (Å²) in [6.07, 6.45) is 1.57. The molecule has 0 aliphatic heterocycles. The molecule has 0 saturated heterocycles. The molecule has 0 saturated carbocycles. The number of aromatic nitrogens is 1. The van der Waals surface area contributed by atoms with Gasteiger partial charge in [0.25, 0.3) is 0 Å². The highest BCUT2D eigenvalue weighted by Gasteiger charge is 2.06. The molecule has 1 aromatic heterocycles. The highest BCUT2D eigenvalue weighted by molar-refractivity contribution is 5.90. The molecule has 2 amide bonds. The Hall–Kier alpha value is -1.78. The van der Waals surface area contributed by atoms with Crippen molar-refractivity contribution >= 4 is 17.5 Å². The van der Waals surface area contributed by atoms with Gasteiger partial charge in [0.1, 0.15) is 0 Å². The molecular formula is C8H12N4O. The summed E-state index contributed by atoms with van der Waals surface area (Å²) in [7, 11) is 3.29. The number of pyridine rings is 1. The SMILES string of the molecule is CN(C)C(=O)Nc1ncccc1N. The molecule has 0 aliphatic rings. The lowest BCUT2D eigenvalue weighted by Gasteiger charge is -2.12. The zero-order valence-corrected chi connectivity index (χ0v) is 7.61. The summed E-state index contributed by atoms with van der Waals surface area (Å²) in [5.41, 5.74) is 6.03. The largest absolute Gasteiger partial charge is 0.396 e. The van der Waals surface area contributed by atoms with Crippen molar-refractivity contribution in [3.05, 3.63) is 18.3 Å². The summed E-state index contributed by atoms with van der Waals surface area (Å²) in [5, 5.41) is 2.56. The highest BCUT2D eigenvalue weighted by atomic mass is 16.2. The van der Waals surface area contributed by atoms with Crippen molar-refractivity contribution in [3.63, 3.8) is 0 Å². The molecule has 1 heterocycles. The number of urea groups is 1. The summed E-state index contributed by atoms with van der Waals surface area (Å²) in [6, 6.07) is 3.14. The molecule has 0 atom stereocenters. The number of hydrogen-bond acceptors (Lipinski definition) is 3. The van der Waals surface area contributed by atoms with Crippen molar-refractivity contribution in [2.45, 2.75) is 0 Å². The Kier molecular flexibility index (Phi) is 2.69. The number of rotatable bonds is 1. The van der Waals surface area contributed by atoms with Gasteiger partial charge >= 0.3 is 6.03 Å². The number of hydrogen-bond donors (Lipinski definition) is 2. The van der Waals surface area contributed by atoms with Crippen LogP contribution in [0.4, 0.5) is 16.3 Å². The third kappa shape index (κ3) is 2.33. The molecule has 1 aromatic rings. The van der Waals surface area contributed by atoms with Gasteiger partial charge in [0.05, 0.1) is 5.69 Å². The van der Waals surface area contributed by atoms with Crippen LogP contribution in [-0.2, 0) is 0 Å². The lowest BCUT2D eigenvalue weighted by Crippen LogP contribution is -2.28. The van der Waals surface area contributed by atoms with Crippen LogP contribution < -0.4 is 11.1 Å². The molecule has 0 aromatic carbocycles. The average molecular weight is 180 g/mol. The van der Waals surface area contributed by atoms with Crippen LogP contribution in [0.3, 0.4) is 0 Å². The predicted octanol–water partition coefficient (Wildman–Crippen LogP) is 0.757. The number of amides is 2. The fraction of sp³-hybridized carbons (Fsp3) is 0.250. The Balaban J connectivity index is 2.75. The highest BCUT2D eigenvalue weighted by Crippen LogP contribution is 2.12. The topological polar surface area (TPSA) is 71.2 Å². The standard InChI is InChI=1S/C8H12N4O/c1-12(2)8(13)11-7-6(9)4-3-5-10-7/h3-5H,9H2,1-2H3,(H,10,11,13). The van der Waals surface area contributed by atoms with Crippen molar-refractivity contribution in [2.75, 3.05) is 25.1 Å². The van der Waals surface area contributed by atoms with E-state index in [1.807, 2.05) is 0 Å². The van der Waals surface area contributed by atoms with Gasteiger partial charge in [-0.05, 0) is 12.1 Å². The maximum Gasteiger partial charge on any atom is 0.322 e. The van der Waals surface area contributed by atoms with Crippen LogP contribution in [0.15, 0.2) is 18.3 Å². The van der Waals surface area contributed by atoms with Crippen LogP contribution in [0.2, 0.25) is 0 Å². The van der Waals surface area contributed by atoms with Gasteiger partial charge in [-0.15, -0.1) is 0 Å². The quantitative estimate of drug-likeness (QED) is 0.670. The van der Waals surface area contributed by atoms with Gasteiger partial charge in [-0.1, -0.05) is 0 Å². The minimum Gasteiger partial charge on any atom is -0.396 e. The van der Waals surface area contributed by atoms with Crippen LogP contribution >= 0.6 is 0 Å². The maximum atomic E-state index is 11.2. The molecular weight excluding hydrogens is 168 g/mol. The Labute approximate surface area is 76.6 Å². The minimum atomic E-state index is -0.245. The molecule has 0 radical (unpaired) electrons. The van der Waals surface area contributed by atoms with Crippen LogP contribution in [-0.4, -0.2) is 30.0 Å². The first-order valence-electron chi connectivity index (χ1n) is 3.80. The molecule has 0 aliphatic carbocycles. The maximum absolute atomic E-state index is 11.2. The third-order valence-corrected chi connectivity index (χ3v) is 1.47. The molecule has 70 valence electrons. The fourth-order valence-corrected chi connectivity index (χ4v) is 0.735. The second-order valence-electron chi connectivity index (χ2n) is 2.77. The summed E-state index contributed by atoms with van der Waals surface area (Å²) in [5.74, 6) is 0.390. The van der Waals surface area contributed by atoms with E-state index in [2.05, 4.69) is 10.3 Å². The number of carbonyl (C=O) groups excluding carboxylic acids is 1. The zero-order valence-electron chi connectivity index (χ0n) is 7.61. The van der Waals surface area contributed by atoms with Crippen molar-refractivity contribution in [1.29, 1.82) is 0 Å². The zero-order chi connectivity index (χ0) is 9.84. The molecule has 0 unspecified atom stereocenters. The van der Waals surface area contributed by atoms with Crippen molar-refractivity contribution < 1.29 is 4.79 Å². The summed E-state index contributed by atoms with van der Waals surface area (Å²) in [4.78, 5) is 16.5. The van der Waals surface area contributed by atoms with Gasteiger partial charge in [0, 0.05) is 20.3 Å². The second kappa shape index (κ2) is 3.75. The van der Waals surface area contributed by atoms with Crippen molar-refractivity contribution in [2.24, 2.45) is 0 Å². The molecule has 0 spiro atoms. The number of nitrogens with one attached hydrogen (secondary N) is 1. The molecule has 5 heteroatoms. The van der Waals surface area contributed by atoms with Crippen LogP contribution in [0, 0.1) is 0 Å². The molecule has 5 nitrogen and oxygen atoms in total. The van der Waals surface area contributed by atoms with Gasteiger partial charge < -0.3 is 10.6 Å². The number of nitrogens with zero attached hydrogens (tertiary/aromatic N) is 2. The van der Waals surface area contributed by atoms with E-state index >= 15 is 0 Å². The molecule has 13 heavy (non-hydrogen) atoms. The monoisotopic (exact) mass is 180 g/mol. The van der Waals surface area contributed by atoms with Gasteiger partial charge in [-0.25, -0.2) is 9.78 Å². The van der Waals surface area contributed by atoms with E-state index in [0.717, 1.165) is 0 Å². The minimum absolute atomic E-state index is 0.245. The summed E-state index contributed by atoms with van der Waals surface area (Å²) < 4.78 is 0. The smallest absolute Gasteiger partial charge is 0.322 e. The van der Waals surface area contributed by atoms with E-state index in [0.29, 0.717) is 11.5 Å². The molecule has 3 N–H and O–H groups in total. The summed E-state index contributed by atoms with van der Waals surface area (Å²) in [6.45, 7) is 0. The first-order chi connectivity index (χ1) is 6.11. The van der Waals surface area contributed by atoms with Crippen LogP contribution in [0.1, 0.15) is 0 Å². The van der Waals surface area contributed by atoms with E-state index in [4.69, 9.17) is 5.73 Å². The number of nitrogens with two attached hydrogens (primary N) is 1. The second-order valence-corrected chi connectivity index (χ2v) is 2.77. The molecule has 0 fully saturated rings. The van der Waals surface area contributed by atoms with Crippen LogP contribution in [0.5, 0.6) is 0 Å². The first-order valence-corrected chi connectivity index (χ1v) is 3.80. The van der Waals surface area contributed by atoms with E-state index in [1.54, 1.807) is 32.4 Å². The average Bonchev–Trinajstić information content (AvgIpc) is 2.08. The van der Waals surface area contributed by atoms with Gasteiger partial charge in [-0.2, -0.15) is 0 Å². The van der Waals surface area contributed by atoms with E-state index in [-0.39, 0.29) is 6.03 Å². The van der Waals surface area contributed by atoms with Crippen molar-refractivity contribution in [1.82, 2.24) is 9.88 Å². The van der Waals surface area contributed by atoms with E-state index in [1.165, 1.54) is 4.90 Å². The Bertz CT molecular complexity index is 311. The van der Waals surface area contributed by atoms with Gasteiger partial charge in [0.2, 0.25) is 0 Å². The van der Waals surface area contributed by atoms with Gasteiger partial charge in [-0.3, -0.25) is 5.32 Å². The van der Waals surface area contributed by atoms with E-state index in [9.17, 15) is 4.79 Å². The number of anilines is 2. The number of carbonyl (C=O) groups is 1. The fourth-order valence-electron chi connectivity index (χ4n) is 0.735. The van der Waals surface area contributed by atoms with E-state index < -0.39 is 0 Å². The Morgan fingerprint density at radius 3 is 2.85 bits per heavy atom. The lowest BCUT2D eigenvalue weighted by molar-refractivity contribution is 0.230. The van der Waals surface area contributed by atoms with Crippen molar-refractivity contribution in [3.8, 4) is 0 Å². The number of nitrogen functional groups attached to an aromatic ring is 1. The normalized spacial score (nSPS) is 9.38. The Morgan fingerprint density at radius 1 is 1.62 bits per heavy atom. The molecule has 1 rings (SSSR count). The first kappa shape index (κ1) is 9.31. The third-order valence-electron chi connectivity index (χ3n) is 1.47. The predicted molar refractivity (Wildman–Crippen MR) is 51.4 cm³/mol. The van der Waals surface area contributed by atoms with Crippen LogP contribution in [0.25, 0.3) is 0 Å². The lowest BCUT2D eigenvalue weighted by atomic mass is 10.4. The Morgan fingerprint density at radius 2 is 2.31 bits per heavy atom. The molecule has 0 bridgehead atoms. The summed E-state index contributed by atoms with van der Waals surface area (Å²) >= 11 is 0. The van der Waals surface area contributed by atoms with Gasteiger partial charge in [0.15, 0.2) is 5.82 Å².